The third-order valence-corrected chi connectivity index (χ3v) is 2.80. The maximum absolute atomic E-state index is 11.8. The van der Waals surface area contributed by atoms with E-state index in [-0.39, 0.29) is 29.5 Å². The zero-order chi connectivity index (χ0) is 14.6. The maximum atomic E-state index is 11.8. The van der Waals surface area contributed by atoms with E-state index >= 15 is 0 Å². The quantitative estimate of drug-likeness (QED) is 0.726. The molecule has 0 heterocycles. The summed E-state index contributed by atoms with van der Waals surface area (Å²) in [5.41, 5.74) is -0.171. The average Bonchev–Trinajstić information content (AvgIpc) is 2.20. The largest absolute Gasteiger partial charge is 0.506 e. The molecule has 0 saturated heterocycles. The fraction of sp³-hybridized carbons (Fsp3) is 0.385. The van der Waals surface area contributed by atoms with Gasteiger partial charge < -0.3 is 15.5 Å². The summed E-state index contributed by atoms with van der Waals surface area (Å²) in [6.45, 7) is 3.43. The van der Waals surface area contributed by atoms with E-state index in [4.69, 9.17) is 16.7 Å². The highest BCUT2D eigenvalue weighted by Crippen LogP contribution is 2.28. The third-order valence-electron chi connectivity index (χ3n) is 2.50. The van der Waals surface area contributed by atoms with Crippen LogP contribution in [0.5, 0.6) is 5.75 Å². The minimum absolute atomic E-state index is 0.0640. The van der Waals surface area contributed by atoms with Crippen LogP contribution in [0.2, 0.25) is 5.02 Å². The Labute approximate surface area is 116 Å². The van der Waals surface area contributed by atoms with Crippen LogP contribution in [0, 0.1) is 5.41 Å². The Hall–Kier alpha value is -1.75. The number of carbonyl (C=O) groups excluding carboxylic acids is 1. The van der Waals surface area contributed by atoms with Crippen LogP contribution in [0.15, 0.2) is 18.2 Å². The molecule has 5 nitrogen and oxygen atoms in total. The molecular formula is C13H16ClNO4. The van der Waals surface area contributed by atoms with Gasteiger partial charge in [-0.2, -0.15) is 0 Å². The van der Waals surface area contributed by atoms with Crippen molar-refractivity contribution >= 4 is 29.2 Å². The number of anilines is 1. The Bertz CT molecular complexity index is 499. The monoisotopic (exact) mass is 285 g/mol. The van der Waals surface area contributed by atoms with Gasteiger partial charge in [-0.15, -0.1) is 0 Å². The molecule has 0 fully saturated rings. The number of benzene rings is 1. The lowest BCUT2D eigenvalue weighted by atomic mass is 9.85. The number of aromatic hydroxyl groups is 1. The minimum Gasteiger partial charge on any atom is -0.506 e. The summed E-state index contributed by atoms with van der Waals surface area (Å²) in [5.74, 6) is -1.30. The summed E-state index contributed by atoms with van der Waals surface area (Å²) in [6, 6.07) is 4.32. The first kappa shape index (κ1) is 15.3. The molecular weight excluding hydrogens is 270 g/mol. The van der Waals surface area contributed by atoms with Crippen LogP contribution in [0.3, 0.4) is 0 Å². The summed E-state index contributed by atoms with van der Waals surface area (Å²) in [6.07, 6.45) is -0.00541. The van der Waals surface area contributed by atoms with Gasteiger partial charge in [0.1, 0.15) is 5.75 Å². The molecule has 0 spiro atoms. The summed E-state index contributed by atoms with van der Waals surface area (Å²) >= 11 is 5.72. The Balaban J connectivity index is 2.64. The molecule has 0 aliphatic rings. The van der Waals surface area contributed by atoms with Crippen LogP contribution in [0.1, 0.15) is 26.7 Å². The van der Waals surface area contributed by atoms with Gasteiger partial charge in [-0.25, -0.2) is 0 Å². The highest BCUT2D eigenvalue weighted by Gasteiger charge is 2.25. The van der Waals surface area contributed by atoms with Gasteiger partial charge in [0.05, 0.1) is 11.4 Å². The average molecular weight is 286 g/mol. The number of hydrogen-bond donors (Lipinski definition) is 3. The highest BCUT2D eigenvalue weighted by atomic mass is 35.5. The van der Waals surface area contributed by atoms with Crippen molar-refractivity contribution in [3.8, 4) is 5.75 Å². The number of phenols is 1. The smallest absolute Gasteiger partial charge is 0.303 e. The number of halogens is 1. The van der Waals surface area contributed by atoms with Gasteiger partial charge in [-0.1, -0.05) is 25.4 Å². The van der Waals surface area contributed by atoms with Gasteiger partial charge >= 0.3 is 5.97 Å². The number of nitrogens with one attached hydrogen (secondary N) is 1. The van der Waals surface area contributed by atoms with Crippen LogP contribution < -0.4 is 5.32 Å². The predicted octanol–water partition coefficient (Wildman–Crippen LogP) is 2.88. The first-order valence-electron chi connectivity index (χ1n) is 5.70. The molecule has 0 aliphatic carbocycles. The molecule has 0 atom stereocenters. The molecule has 0 aliphatic heterocycles. The van der Waals surface area contributed by atoms with Crippen LogP contribution in [0.25, 0.3) is 0 Å². The molecule has 1 amide bonds. The van der Waals surface area contributed by atoms with Gasteiger partial charge in [0.15, 0.2) is 0 Å². The van der Waals surface area contributed by atoms with Crippen molar-refractivity contribution in [3.63, 3.8) is 0 Å². The van der Waals surface area contributed by atoms with Gasteiger partial charge in [0.25, 0.3) is 0 Å². The molecule has 3 N–H and O–H groups in total. The lowest BCUT2D eigenvalue weighted by Crippen LogP contribution is -2.24. The fourth-order valence-electron chi connectivity index (χ4n) is 1.70. The molecule has 0 aromatic heterocycles. The molecule has 1 aromatic rings. The molecule has 104 valence electrons. The standard InChI is InChI=1S/C13H16ClNO4/c1-13(2,7-12(18)19)6-11(17)15-8-3-4-10(16)9(14)5-8/h3-5,16H,6-7H2,1-2H3,(H,15,17)(H,18,19). The molecule has 0 radical (unpaired) electrons. The number of aliphatic carboxylic acids is 1. The van der Waals surface area contributed by atoms with E-state index in [1.165, 1.54) is 18.2 Å². The summed E-state index contributed by atoms with van der Waals surface area (Å²) in [5, 5.41) is 20.7. The van der Waals surface area contributed by atoms with Gasteiger partial charge in [0.2, 0.25) is 5.91 Å². The number of phenolic OH excluding ortho intramolecular Hbond substituents is 1. The number of rotatable bonds is 5. The van der Waals surface area contributed by atoms with E-state index in [1.807, 2.05) is 0 Å². The van der Waals surface area contributed by atoms with E-state index in [9.17, 15) is 14.7 Å². The molecule has 0 saturated carbocycles. The van der Waals surface area contributed by atoms with E-state index in [0.717, 1.165) is 0 Å². The predicted molar refractivity (Wildman–Crippen MR) is 72.4 cm³/mol. The lowest BCUT2D eigenvalue weighted by molar-refractivity contribution is -0.139. The van der Waals surface area contributed by atoms with Gasteiger partial charge in [-0.05, 0) is 23.6 Å². The van der Waals surface area contributed by atoms with E-state index < -0.39 is 11.4 Å². The minimum atomic E-state index is -0.939. The van der Waals surface area contributed by atoms with Gasteiger partial charge in [0, 0.05) is 12.1 Å². The van der Waals surface area contributed by atoms with E-state index in [0.29, 0.717) is 5.69 Å². The Morgan fingerprint density at radius 3 is 2.47 bits per heavy atom. The zero-order valence-corrected chi connectivity index (χ0v) is 11.5. The first-order chi connectivity index (χ1) is 8.69. The lowest BCUT2D eigenvalue weighted by Gasteiger charge is -2.21. The fourth-order valence-corrected chi connectivity index (χ4v) is 1.88. The second kappa shape index (κ2) is 5.93. The van der Waals surface area contributed by atoms with Crippen molar-refractivity contribution in [2.75, 3.05) is 5.32 Å². The molecule has 19 heavy (non-hydrogen) atoms. The normalized spacial score (nSPS) is 11.1. The zero-order valence-electron chi connectivity index (χ0n) is 10.7. The molecule has 0 unspecified atom stereocenters. The van der Waals surface area contributed by atoms with Crippen molar-refractivity contribution in [3.05, 3.63) is 23.2 Å². The summed E-state index contributed by atoms with van der Waals surface area (Å²) < 4.78 is 0. The number of carboxylic acid groups (broad SMARTS) is 1. The number of amides is 1. The maximum Gasteiger partial charge on any atom is 0.303 e. The van der Waals surface area contributed by atoms with Crippen molar-refractivity contribution < 1.29 is 19.8 Å². The van der Waals surface area contributed by atoms with E-state index in [2.05, 4.69) is 5.32 Å². The Morgan fingerprint density at radius 2 is 1.95 bits per heavy atom. The van der Waals surface area contributed by atoms with Crippen molar-refractivity contribution in [2.24, 2.45) is 5.41 Å². The molecule has 6 heteroatoms. The van der Waals surface area contributed by atoms with Crippen molar-refractivity contribution in [2.45, 2.75) is 26.7 Å². The SMILES string of the molecule is CC(C)(CC(=O)O)CC(=O)Nc1ccc(O)c(Cl)c1. The third kappa shape index (κ3) is 5.18. The van der Waals surface area contributed by atoms with Crippen molar-refractivity contribution in [1.82, 2.24) is 0 Å². The van der Waals surface area contributed by atoms with Gasteiger partial charge in [-0.3, -0.25) is 9.59 Å². The van der Waals surface area contributed by atoms with Crippen LogP contribution in [-0.2, 0) is 9.59 Å². The Morgan fingerprint density at radius 1 is 1.32 bits per heavy atom. The van der Waals surface area contributed by atoms with Crippen LogP contribution >= 0.6 is 11.6 Å². The van der Waals surface area contributed by atoms with E-state index in [1.54, 1.807) is 13.8 Å². The molecule has 1 rings (SSSR count). The number of carbonyl (C=O) groups is 2. The number of carboxylic acids is 1. The summed E-state index contributed by atoms with van der Waals surface area (Å²) in [4.78, 5) is 22.5. The number of hydrogen-bond acceptors (Lipinski definition) is 3. The van der Waals surface area contributed by atoms with Crippen LogP contribution in [-0.4, -0.2) is 22.1 Å². The highest BCUT2D eigenvalue weighted by molar-refractivity contribution is 6.32. The van der Waals surface area contributed by atoms with Crippen LogP contribution in [0.4, 0.5) is 5.69 Å². The molecule has 0 bridgehead atoms. The summed E-state index contributed by atoms with van der Waals surface area (Å²) in [7, 11) is 0. The Kier molecular flexibility index (Phi) is 4.78. The second-order valence-electron chi connectivity index (χ2n) is 5.13. The first-order valence-corrected chi connectivity index (χ1v) is 6.07. The van der Waals surface area contributed by atoms with Crippen molar-refractivity contribution in [1.29, 1.82) is 0 Å². The molecule has 1 aromatic carbocycles. The second-order valence-corrected chi connectivity index (χ2v) is 5.53. The topological polar surface area (TPSA) is 86.6 Å².